The molecule has 0 aliphatic carbocycles. The lowest BCUT2D eigenvalue weighted by molar-refractivity contribution is 0.247. The molecule has 14 heteroatoms. The molecule has 17 aromatic carbocycles. The number of rotatable bonds is 20. The smallest absolute Gasteiger partial charge is 0.178 e. The van der Waals surface area contributed by atoms with Crippen LogP contribution < -0.4 is 18.9 Å². The van der Waals surface area contributed by atoms with Crippen LogP contribution >= 0.6 is 0 Å². The van der Waals surface area contributed by atoms with Gasteiger partial charge < -0.3 is 41.6 Å². The second kappa shape index (κ2) is 30.9. The van der Waals surface area contributed by atoms with E-state index < -0.39 is 0 Å². The maximum Gasteiger partial charge on any atom is 0.178 e. The van der Waals surface area contributed by atoms with Crippen LogP contribution in [0.4, 0.5) is 0 Å². The highest BCUT2D eigenvalue weighted by molar-refractivity contribution is 6.19. The number of ether oxygens (including phenoxy) is 4. The van der Waals surface area contributed by atoms with Crippen molar-refractivity contribution in [1.29, 1.82) is 0 Å². The van der Waals surface area contributed by atoms with Gasteiger partial charge in [0.2, 0.25) is 0 Å². The van der Waals surface area contributed by atoms with Gasteiger partial charge in [-0.3, -0.25) is 13.7 Å². The normalized spacial score (nSPS) is 12.1. The van der Waals surface area contributed by atoms with Crippen LogP contribution in [-0.4, -0.2) is 68.4 Å². The number of furan rings is 1. The number of para-hydroxylation sites is 12. The van der Waals surface area contributed by atoms with E-state index in [1.165, 1.54) is 32.7 Å². The van der Waals surface area contributed by atoms with Crippen LogP contribution in [0, 0.1) is 20.8 Å². The third-order valence-corrected chi connectivity index (χ3v) is 27.9. The van der Waals surface area contributed by atoms with Crippen molar-refractivity contribution in [2.75, 3.05) is 26.4 Å². The Morgan fingerprint density at radius 2 is 0.541 bits per heavy atom. The number of nitrogens with zero attached hydrogens (tertiary/aromatic N) is 9. The monoisotopic (exact) mass is 1740 g/mol. The Morgan fingerprint density at radius 1 is 0.230 bits per heavy atom. The fourth-order valence-corrected chi connectivity index (χ4v) is 21.9. The minimum atomic E-state index is 0.372. The Morgan fingerprint density at radius 3 is 0.919 bits per heavy atom. The summed E-state index contributed by atoms with van der Waals surface area (Å²) in [6.07, 6.45) is 1.17. The number of benzene rings is 17. The van der Waals surface area contributed by atoms with Crippen LogP contribution in [0.5, 0.6) is 23.0 Å². The zero-order valence-electron chi connectivity index (χ0n) is 74.3. The highest BCUT2D eigenvalue weighted by Gasteiger charge is 2.33. The molecular formula is C121H85N9O5. The molecule has 0 spiro atoms. The first kappa shape index (κ1) is 77.6. The Bertz CT molecular complexity index is 9170. The van der Waals surface area contributed by atoms with Gasteiger partial charge in [-0.2, -0.15) is 0 Å². The molecule has 0 aliphatic heterocycles. The summed E-state index contributed by atoms with van der Waals surface area (Å²) in [5, 5.41) is 16.8. The maximum absolute atomic E-state index is 7.13. The number of hydrogen-bond acceptors (Lipinski definition) is 7. The number of fused-ring (bicyclic) bond motifs is 24. The second-order valence-electron chi connectivity index (χ2n) is 35.5. The zero-order valence-corrected chi connectivity index (χ0v) is 74.3. The van der Waals surface area contributed by atoms with Gasteiger partial charge in [-0.25, -0.2) is 9.97 Å². The molecule has 0 unspecified atom stereocenters. The predicted octanol–water partition coefficient (Wildman–Crippen LogP) is 30.3. The summed E-state index contributed by atoms with van der Waals surface area (Å²) in [5.74, 6) is 5.15. The molecular weight excluding hydrogens is 1660 g/mol. The van der Waals surface area contributed by atoms with Crippen LogP contribution in [0.15, 0.2) is 393 Å². The maximum atomic E-state index is 7.13. The van der Waals surface area contributed by atoms with Crippen molar-refractivity contribution < 1.29 is 23.4 Å². The Labute approximate surface area is 774 Å². The highest BCUT2D eigenvalue weighted by Crippen LogP contribution is 2.52. The van der Waals surface area contributed by atoms with Crippen molar-refractivity contribution >= 4 is 175 Å². The van der Waals surface area contributed by atoms with E-state index in [0.717, 1.165) is 210 Å². The highest BCUT2D eigenvalue weighted by atomic mass is 16.5. The minimum Gasteiger partial charge on any atom is -0.493 e. The van der Waals surface area contributed by atoms with Crippen LogP contribution in [-0.2, 0) is 0 Å². The van der Waals surface area contributed by atoms with E-state index in [1.807, 2.05) is 12.1 Å². The van der Waals surface area contributed by atoms with Crippen LogP contribution in [0.2, 0.25) is 0 Å². The van der Waals surface area contributed by atoms with Crippen molar-refractivity contribution in [3.05, 3.63) is 405 Å². The number of pyridine rings is 2. The first-order valence-electron chi connectivity index (χ1n) is 46.4. The molecule has 0 saturated carbocycles. The Balaban J connectivity index is 0.572. The second-order valence-corrected chi connectivity index (χ2v) is 35.5. The number of aryl methyl sites for hydroxylation is 1. The first-order chi connectivity index (χ1) is 66.8. The van der Waals surface area contributed by atoms with Gasteiger partial charge in [0.1, 0.15) is 51.6 Å². The molecule has 0 saturated heterocycles. The topological polar surface area (TPSA) is 110 Å². The van der Waals surface area contributed by atoms with E-state index in [2.05, 4.69) is 429 Å². The molecule has 27 aromatic rings. The third kappa shape index (κ3) is 12.1. The van der Waals surface area contributed by atoms with Gasteiger partial charge in [-0.05, 0) is 159 Å². The molecule has 644 valence electrons. The largest absolute Gasteiger partial charge is 0.493 e. The van der Waals surface area contributed by atoms with Crippen LogP contribution in [0.3, 0.4) is 0 Å². The van der Waals surface area contributed by atoms with E-state index in [1.54, 1.807) is 0 Å². The van der Waals surface area contributed by atoms with E-state index in [4.69, 9.17) is 33.3 Å². The van der Waals surface area contributed by atoms with Gasteiger partial charge in [-0.15, -0.1) is 0 Å². The fraction of sp³-hybridized carbons (Fsp3) is 0.0744. The van der Waals surface area contributed by atoms with Gasteiger partial charge in [0.05, 0.1) is 126 Å². The average molecular weight is 1750 g/mol. The molecule has 10 aromatic heterocycles. The minimum absolute atomic E-state index is 0.372. The molecule has 0 atom stereocenters. The van der Waals surface area contributed by atoms with Gasteiger partial charge >= 0.3 is 0 Å². The van der Waals surface area contributed by atoms with Gasteiger partial charge in [0, 0.05) is 123 Å². The van der Waals surface area contributed by atoms with Gasteiger partial charge in [-0.1, -0.05) is 248 Å². The summed E-state index contributed by atoms with van der Waals surface area (Å²) in [4.78, 5) is 11.1. The lowest BCUT2D eigenvalue weighted by Gasteiger charge is -2.28. The molecule has 0 amide bonds. The number of hydrogen-bond donors (Lipinski definition) is 0. The van der Waals surface area contributed by atoms with E-state index in [0.29, 0.717) is 61.9 Å². The van der Waals surface area contributed by atoms with Gasteiger partial charge in [0.15, 0.2) is 5.58 Å². The van der Waals surface area contributed by atoms with Crippen molar-refractivity contribution in [3.8, 4) is 74.3 Å². The molecule has 0 aliphatic rings. The molecule has 0 bridgehead atoms. The summed E-state index contributed by atoms with van der Waals surface area (Å²) in [6.45, 7) is 8.36. The van der Waals surface area contributed by atoms with Crippen molar-refractivity contribution in [2.45, 2.75) is 33.6 Å². The first-order valence-corrected chi connectivity index (χ1v) is 46.4. The lowest BCUT2D eigenvalue weighted by Crippen LogP contribution is -2.14. The third-order valence-electron chi connectivity index (χ3n) is 27.9. The van der Waals surface area contributed by atoms with Crippen molar-refractivity contribution in [3.63, 3.8) is 0 Å². The molecule has 27 rings (SSSR count). The molecule has 14 nitrogen and oxygen atoms in total. The van der Waals surface area contributed by atoms with Crippen molar-refractivity contribution in [2.24, 2.45) is 0 Å². The average Bonchev–Trinajstić information content (AvgIpc) is 1.55. The fourth-order valence-electron chi connectivity index (χ4n) is 21.9. The summed E-state index contributed by atoms with van der Waals surface area (Å²) >= 11 is 0. The van der Waals surface area contributed by atoms with E-state index in [9.17, 15) is 0 Å². The predicted molar refractivity (Wildman–Crippen MR) is 553 cm³/mol. The Kier molecular flexibility index (Phi) is 17.8. The SMILES string of the molecule is Cc1cccc(-c2c(C)c(C)c(-n3c4ccccc4c4ccccc43)c(-n3c4ccc(OCCCOc5cc(-n6c7ccccc7c7ccccc76)nc(-n6c7ccccc7c7ccccc76)c5)cc4c4cc(OCCCOc5ccc6c(c5)oc5c(-n7c8ccccc8c8ccccc87)cc(-n7c8ccccc8c8ccccc87)nc56)ccc43)c2-n2c3ccccc3c3ccccc32)c1. The van der Waals surface area contributed by atoms with Crippen LogP contribution in [0.1, 0.15) is 29.5 Å². The summed E-state index contributed by atoms with van der Waals surface area (Å²) in [5.41, 5.74) is 26.9. The Hall–Kier alpha value is -17.4. The standard InChI is InChI=1S/C121H85N9O5/c1-74-31-28-32-77(67-74)116-75(2)76(3)118(128-105-53-24-12-41-90(105)91-42-13-25-54-106(91)128)120(119(116)129-107-55-26-14-43-92(107)93-44-15-27-56-108(93)129)130-109-61-58-78(131-63-29-65-133-80-57-60-94-112(70-80)135-121-111(124-97-45-16-4-33-82(97)83-34-5-17-46-98(83)124)73-115(123-117(94)121)127-103-51-22-10-39-88(103)89-40-11-23-52-104(89)127)68-95(109)96-69-79(59-62-110(96)130)132-64-30-66-134-81-71-113(125-99-47-18-6-35-84(99)85-36-7-19-48-100(85)125)122-114(72-81)126-101-49-20-8-37-86(101)87-38-9-21-50-102(87)126/h4-28,31-62,67-73H,29-30,63-66H2,1-3H3. The van der Waals surface area contributed by atoms with Gasteiger partial charge in [0.25, 0.3) is 0 Å². The van der Waals surface area contributed by atoms with Crippen molar-refractivity contribution in [1.82, 2.24) is 41.9 Å². The molecule has 0 fully saturated rings. The number of aromatic nitrogens is 9. The molecule has 135 heavy (non-hydrogen) atoms. The summed E-state index contributed by atoms with van der Waals surface area (Å²) in [6, 6.07) is 139. The lowest BCUT2D eigenvalue weighted by atomic mass is 9.90. The quantitative estimate of drug-likeness (QED) is 0.0699. The van der Waals surface area contributed by atoms with E-state index in [-0.39, 0.29) is 0 Å². The van der Waals surface area contributed by atoms with E-state index >= 15 is 0 Å². The molecule has 10 heterocycles. The van der Waals surface area contributed by atoms with Crippen LogP contribution in [0.25, 0.3) is 226 Å². The zero-order chi connectivity index (χ0) is 89.2. The summed E-state index contributed by atoms with van der Waals surface area (Å²) < 4.78 is 51.8. The molecule has 0 N–H and O–H groups in total. The molecule has 0 radical (unpaired) electrons. The summed E-state index contributed by atoms with van der Waals surface area (Å²) in [7, 11) is 0.